The first-order valence-corrected chi connectivity index (χ1v) is 7.91. The summed E-state index contributed by atoms with van der Waals surface area (Å²) < 4.78 is 0. The fraction of sp³-hybridized carbons (Fsp3) is 0.588. The molecule has 0 aromatic heterocycles. The van der Waals surface area contributed by atoms with E-state index >= 15 is 0 Å². The van der Waals surface area contributed by atoms with Gasteiger partial charge in [0.1, 0.15) is 0 Å². The third-order valence-corrected chi connectivity index (χ3v) is 4.36. The zero-order valence-electron chi connectivity index (χ0n) is 13.1. The van der Waals surface area contributed by atoms with Gasteiger partial charge < -0.3 is 16.0 Å². The number of nitrogens with two attached hydrogens (primary N) is 1. The molecule has 0 saturated carbocycles. The maximum atomic E-state index is 12.3. The Kier molecular flexibility index (Phi) is 5.76. The molecule has 1 aromatic carbocycles. The molecule has 4 nitrogen and oxygen atoms in total. The van der Waals surface area contributed by atoms with Gasteiger partial charge in [-0.3, -0.25) is 4.79 Å². The summed E-state index contributed by atoms with van der Waals surface area (Å²) in [5.41, 5.74) is 7.01. The van der Waals surface area contributed by atoms with E-state index in [-0.39, 0.29) is 23.9 Å². The van der Waals surface area contributed by atoms with Crippen molar-refractivity contribution in [2.24, 2.45) is 11.7 Å². The topological polar surface area (TPSA) is 58.4 Å². The van der Waals surface area contributed by atoms with Crippen molar-refractivity contribution >= 4 is 5.91 Å². The molecule has 0 spiro atoms. The van der Waals surface area contributed by atoms with Gasteiger partial charge in [0.15, 0.2) is 0 Å². The van der Waals surface area contributed by atoms with Gasteiger partial charge in [-0.05, 0) is 38.4 Å². The molecule has 3 unspecified atom stereocenters. The van der Waals surface area contributed by atoms with Gasteiger partial charge in [0, 0.05) is 18.5 Å². The average molecular weight is 289 g/mol. The molecular weight excluding hydrogens is 262 g/mol. The summed E-state index contributed by atoms with van der Waals surface area (Å²) >= 11 is 0. The van der Waals surface area contributed by atoms with Crippen molar-refractivity contribution in [1.29, 1.82) is 0 Å². The number of hydrogen-bond acceptors (Lipinski definition) is 3. The minimum Gasteiger partial charge on any atom is -0.348 e. The van der Waals surface area contributed by atoms with Gasteiger partial charge in [-0.2, -0.15) is 0 Å². The van der Waals surface area contributed by atoms with Crippen molar-refractivity contribution in [2.45, 2.75) is 38.8 Å². The van der Waals surface area contributed by atoms with Crippen molar-refractivity contribution in [3.8, 4) is 0 Å². The van der Waals surface area contributed by atoms with E-state index < -0.39 is 0 Å². The number of amides is 1. The summed E-state index contributed by atoms with van der Waals surface area (Å²) in [7, 11) is 0. The van der Waals surface area contributed by atoms with E-state index in [0.29, 0.717) is 0 Å². The van der Waals surface area contributed by atoms with Gasteiger partial charge in [-0.15, -0.1) is 0 Å². The van der Waals surface area contributed by atoms with Gasteiger partial charge >= 0.3 is 0 Å². The van der Waals surface area contributed by atoms with Crippen LogP contribution in [0.4, 0.5) is 0 Å². The third kappa shape index (κ3) is 4.55. The molecule has 1 heterocycles. The number of hydrogen-bond donors (Lipinski definition) is 2. The first kappa shape index (κ1) is 16.0. The number of carbonyl (C=O) groups is 1. The predicted molar refractivity (Wildman–Crippen MR) is 85.8 cm³/mol. The molecule has 3 N–H and O–H groups in total. The van der Waals surface area contributed by atoms with E-state index in [4.69, 9.17) is 5.73 Å². The Labute approximate surface area is 127 Å². The molecule has 0 radical (unpaired) electrons. The monoisotopic (exact) mass is 289 g/mol. The highest BCUT2D eigenvalue weighted by molar-refractivity contribution is 5.79. The molecule has 116 valence electrons. The second-order valence-electron chi connectivity index (χ2n) is 6.13. The number of nitrogens with one attached hydrogen (secondary N) is 1. The number of nitrogens with zero attached hydrogens (tertiary/aromatic N) is 1. The van der Waals surface area contributed by atoms with E-state index in [0.717, 1.165) is 25.2 Å². The summed E-state index contributed by atoms with van der Waals surface area (Å²) in [6, 6.07) is 10.1. The highest BCUT2D eigenvalue weighted by Gasteiger charge is 2.24. The van der Waals surface area contributed by atoms with E-state index in [9.17, 15) is 4.79 Å². The van der Waals surface area contributed by atoms with Crippen LogP contribution in [0, 0.1) is 5.92 Å². The third-order valence-electron chi connectivity index (χ3n) is 4.36. The van der Waals surface area contributed by atoms with Crippen LogP contribution in [0.3, 0.4) is 0 Å². The van der Waals surface area contributed by atoms with Crippen molar-refractivity contribution < 1.29 is 4.79 Å². The lowest BCUT2D eigenvalue weighted by Gasteiger charge is -2.27. The number of carbonyl (C=O) groups excluding carboxylic acids is 1. The summed E-state index contributed by atoms with van der Waals surface area (Å²) in [6.07, 6.45) is 2.51. The highest BCUT2D eigenvalue weighted by atomic mass is 16.2. The smallest absolute Gasteiger partial charge is 0.224 e. The van der Waals surface area contributed by atoms with Crippen LogP contribution in [0.1, 0.15) is 38.3 Å². The Balaban J connectivity index is 2.06. The van der Waals surface area contributed by atoms with Gasteiger partial charge in [-0.25, -0.2) is 0 Å². The molecule has 3 atom stereocenters. The summed E-state index contributed by atoms with van der Waals surface area (Å²) in [5, 5.41) is 3.18. The minimum absolute atomic E-state index is 0.0398. The number of likely N-dealkylation sites (tertiary alicyclic amines) is 1. The van der Waals surface area contributed by atoms with Gasteiger partial charge in [0.25, 0.3) is 0 Å². The van der Waals surface area contributed by atoms with E-state index in [2.05, 4.69) is 22.3 Å². The lowest BCUT2D eigenvalue weighted by Crippen LogP contribution is -2.43. The van der Waals surface area contributed by atoms with Crippen molar-refractivity contribution in [1.82, 2.24) is 10.2 Å². The number of benzene rings is 1. The molecule has 0 bridgehead atoms. The van der Waals surface area contributed by atoms with E-state index in [1.165, 1.54) is 12.8 Å². The van der Waals surface area contributed by atoms with Crippen LogP contribution >= 0.6 is 0 Å². The molecule has 4 heteroatoms. The van der Waals surface area contributed by atoms with Crippen LogP contribution in [0.15, 0.2) is 30.3 Å². The lowest BCUT2D eigenvalue weighted by atomic mass is 10.0. The van der Waals surface area contributed by atoms with Crippen molar-refractivity contribution in [2.75, 3.05) is 19.6 Å². The Morgan fingerprint density at radius 1 is 1.24 bits per heavy atom. The normalized spacial score (nSPS) is 20.0. The predicted octanol–water partition coefficient (Wildman–Crippen LogP) is 1.92. The molecule has 1 amide bonds. The molecule has 1 saturated heterocycles. The summed E-state index contributed by atoms with van der Waals surface area (Å²) in [6.45, 7) is 6.89. The zero-order chi connectivity index (χ0) is 15.2. The second kappa shape index (κ2) is 7.57. The number of rotatable bonds is 6. The quantitative estimate of drug-likeness (QED) is 0.841. The Hall–Kier alpha value is -1.39. The van der Waals surface area contributed by atoms with Crippen LogP contribution in [0.2, 0.25) is 0 Å². The molecular formula is C17H27N3O. The fourth-order valence-corrected chi connectivity index (χ4v) is 2.69. The second-order valence-corrected chi connectivity index (χ2v) is 6.13. The van der Waals surface area contributed by atoms with Crippen LogP contribution in [0.5, 0.6) is 0 Å². The van der Waals surface area contributed by atoms with Crippen molar-refractivity contribution in [3.63, 3.8) is 0 Å². The van der Waals surface area contributed by atoms with Crippen LogP contribution in [0.25, 0.3) is 0 Å². The standard InChI is InChI=1S/C17H27N3O/c1-13(14(2)18)17(21)19-16(12-20-10-6-7-11-20)15-8-4-3-5-9-15/h3-5,8-9,13-14,16H,6-7,10-12,18H2,1-2H3,(H,19,21). The molecule has 21 heavy (non-hydrogen) atoms. The van der Waals surface area contributed by atoms with Gasteiger partial charge in [0.05, 0.1) is 6.04 Å². The fourth-order valence-electron chi connectivity index (χ4n) is 2.69. The molecule has 2 rings (SSSR count). The molecule has 1 aliphatic rings. The van der Waals surface area contributed by atoms with Crippen LogP contribution in [-0.4, -0.2) is 36.5 Å². The average Bonchev–Trinajstić information content (AvgIpc) is 2.99. The summed E-state index contributed by atoms with van der Waals surface area (Å²) in [5.74, 6) is -0.132. The SMILES string of the molecule is CC(N)C(C)C(=O)NC(CN1CCCC1)c1ccccc1. The van der Waals surface area contributed by atoms with E-state index in [1.54, 1.807) is 0 Å². The van der Waals surface area contributed by atoms with Gasteiger partial charge in [0.2, 0.25) is 5.91 Å². The molecule has 1 aliphatic heterocycles. The zero-order valence-corrected chi connectivity index (χ0v) is 13.1. The molecule has 1 fully saturated rings. The van der Waals surface area contributed by atoms with Crippen LogP contribution in [-0.2, 0) is 4.79 Å². The summed E-state index contributed by atoms with van der Waals surface area (Å²) in [4.78, 5) is 14.8. The first-order chi connectivity index (χ1) is 10.1. The molecule has 0 aliphatic carbocycles. The van der Waals surface area contributed by atoms with Crippen LogP contribution < -0.4 is 11.1 Å². The Morgan fingerprint density at radius 2 is 1.86 bits per heavy atom. The Bertz CT molecular complexity index is 441. The Morgan fingerprint density at radius 3 is 2.43 bits per heavy atom. The highest BCUT2D eigenvalue weighted by Crippen LogP contribution is 2.18. The lowest BCUT2D eigenvalue weighted by molar-refractivity contribution is -0.125. The van der Waals surface area contributed by atoms with E-state index in [1.807, 2.05) is 32.0 Å². The van der Waals surface area contributed by atoms with Crippen molar-refractivity contribution in [3.05, 3.63) is 35.9 Å². The maximum Gasteiger partial charge on any atom is 0.224 e. The first-order valence-electron chi connectivity index (χ1n) is 7.91. The molecule has 1 aromatic rings. The maximum absolute atomic E-state index is 12.3. The van der Waals surface area contributed by atoms with Gasteiger partial charge in [-0.1, -0.05) is 37.3 Å². The largest absolute Gasteiger partial charge is 0.348 e. The minimum atomic E-state index is -0.171.